The van der Waals surface area contributed by atoms with Crippen molar-refractivity contribution in [1.29, 1.82) is 0 Å². The monoisotopic (exact) mass is 329 g/mol. The van der Waals surface area contributed by atoms with Crippen molar-refractivity contribution in [2.45, 2.75) is 38.3 Å². The highest BCUT2D eigenvalue weighted by Gasteiger charge is 2.46. The van der Waals surface area contributed by atoms with E-state index >= 15 is 0 Å². The van der Waals surface area contributed by atoms with E-state index in [0.29, 0.717) is 16.0 Å². The predicted octanol–water partition coefficient (Wildman–Crippen LogP) is 3.82. The number of hydrogen-bond donors (Lipinski definition) is 3. The number of benzene rings is 1. The second-order valence-corrected chi connectivity index (χ2v) is 7.75. The van der Waals surface area contributed by atoms with Gasteiger partial charge in [-0.1, -0.05) is 30.3 Å². The van der Waals surface area contributed by atoms with Crippen molar-refractivity contribution in [2.75, 3.05) is 5.32 Å². The van der Waals surface area contributed by atoms with Crippen molar-refractivity contribution in [3.8, 4) is 0 Å². The first-order chi connectivity index (χ1) is 11.1. The highest BCUT2D eigenvalue weighted by Crippen LogP contribution is 2.57. The summed E-state index contributed by atoms with van der Waals surface area (Å²) in [5.74, 6) is -0.906. The molecular weight excluding hydrogens is 310 g/mol. The van der Waals surface area contributed by atoms with Crippen LogP contribution >= 0.6 is 11.3 Å². The first-order valence-electron chi connectivity index (χ1n) is 7.95. The Hall–Kier alpha value is -1.85. The third-order valence-electron chi connectivity index (χ3n) is 5.09. The van der Waals surface area contributed by atoms with Gasteiger partial charge in [-0.3, -0.25) is 0 Å². The fraction of sp³-hybridized carbons (Fsp3) is 0.389. The van der Waals surface area contributed by atoms with Gasteiger partial charge in [-0.15, -0.1) is 11.3 Å². The van der Waals surface area contributed by atoms with E-state index in [1.54, 1.807) is 0 Å². The molecular formula is C18H19NO3S. The van der Waals surface area contributed by atoms with Crippen LogP contribution < -0.4 is 5.32 Å². The fourth-order valence-electron chi connectivity index (χ4n) is 3.51. The van der Waals surface area contributed by atoms with Crippen molar-refractivity contribution < 1.29 is 15.0 Å². The van der Waals surface area contributed by atoms with E-state index in [-0.39, 0.29) is 0 Å². The van der Waals surface area contributed by atoms with Gasteiger partial charge in [-0.2, -0.15) is 0 Å². The number of anilines is 1. The maximum Gasteiger partial charge on any atom is 0.338 e. The van der Waals surface area contributed by atoms with Crippen LogP contribution in [0.4, 0.5) is 5.00 Å². The van der Waals surface area contributed by atoms with E-state index in [0.717, 1.165) is 30.4 Å². The van der Waals surface area contributed by atoms with E-state index in [2.05, 4.69) is 5.32 Å². The maximum atomic E-state index is 11.7. The number of carboxylic acids is 1. The zero-order valence-electron chi connectivity index (χ0n) is 12.7. The Bertz CT molecular complexity index is 749. The molecule has 0 bridgehead atoms. The molecule has 0 saturated heterocycles. The third kappa shape index (κ3) is 2.64. The molecule has 0 radical (unpaired) electrons. The molecule has 5 heteroatoms. The van der Waals surface area contributed by atoms with Crippen LogP contribution in [0.15, 0.2) is 30.3 Å². The Balaban J connectivity index is 1.65. The number of aromatic carboxylic acids is 1. The molecule has 1 atom stereocenters. The van der Waals surface area contributed by atoms with Crippen LogP contribution in [-0.4, -0.2) is 16.2 Å². The lowest BCUT2D eigenvalue weighted by atomic mass is 9.84. The molecule has 120 valence electrons. The van der Waals surface area contributed by atoms with Gasteiger partial charge in [-0.25, -0.2) is 4.79 Å². The van der Waals surface area contributed by atoms with Crippen LogP contribution in [0.1, 0.15) is 51.9 Å². The van der Waals surface area contributed by atoms with Crippen molar-refractivity contribution in [2.24, 2.45) is 5.41 Å². The molecule has 2 aliphatic carbocycles. The second kappa shape index (κ2) is 5.35. The molecule has 0 amide bonds. The van der Waals surface area contributed by atoms with E-state index < -0.39 is 12.2 Å². The quantitative estimate of drug-likeness (QED) is 0.746. The summed E-state index contributed by atoms with van der Waals surface area (Å²) in [4.78, 5) is 12.9. The molecule has 2 aromatic rings. The number of aliphatic hydroxyl groups is 1. The van der Waals surface area contributed by atoms with Crippen molar-refractivity contribution in [3.63, 3.8) is 0 Å². The zero-order valence-corrected chi connectivity index (χ0v) is 13.5. The number of carboxylic acid groups (broad SMARTS) is 1. The molecule has 4 nitrogen and oxygen atoms in total. The number of nitrogens with one attached hydrogen (secondary N) is 1. The largest absolute Gasteiger partial charge is 0.478 e. The summed E-state index contributed by atoms with van der Waals surface area (Å²) in [6.07, 6.45) is 4.57. The highest BCUT2D eigenvalue weighted by molar-refractivity contribution is 7.16. The molecule has 1 spiro atoms. The van der Waals surface area contributed by atoms with Crippen LogP contribution in [0.25, 0.3) is 0 Å². The van der Waals surface area contributed by atoms with Gasteiger partial charge in [0.2, 0.25) is 0 Å². The van der Waals surface area contributed by atoms with Gasteiger partial charge >= 0.3 is 5.97 Å². The number of rotatable bonds is 4. The summed E-state index contributed by atoms with van der Waals surface area (Å²) in [5, 5.41) is 23.6. The van der Waals surface area contributed by atoms with Crippen LogP contribution in [0.3, 0.4) is 0 Å². The lowest BCUT2D eigenvalue weighted by Gasteiger charge is -2.21. The molecule has 0 aliphatic heterocycles. The standard InChI is InChI=1S/C18H19NO3S/c20-15(11-4-2-1-3-5-11)19-16-14(17(21)22)12-6-7-18(8-9-18)10-13(12)23-16/h1-5,15,19-20H,6-10H2,(H,21,22). The van der Waals surface area contributed by atoms with Gasteiger partial charge in [0.15, 0.2) is 6.23 Å². The Morgan fingerprint density at radius 1 is 1.22 bits per heavy atom. The average Bonchev–Trinajstić information content (AvgIpc) is 3.18. The SMILES string of the molecule is O=C(O)c1c(NC(O)c2ccccc2)sc2c1CCC1(CC1)C2. The number of carbonyl (C=O) groups is 1. The fourth-order valence-corrected chi connectivity index (χ4v) is 4.95. The smallest absolute Gasteiger partial charge is 0.338 e. The van der Waals surface area contributed by atoms with E-state index in [1.165, 1.54) is 29.1 Å². The van der Waals surface area contributed by atoms with Gasteiger partial charge in [0, 0.05) is 10.4 Å². The molecule has 23 heavy (non-hydrogen) atoms. The van der Waals surface area contributed by atoms with E-state index in [4.69, 9.17) is 0 Å². The number of fused-ring (bicyclic) bond motifs is 1. The van der Waals surface area contributed by atoms with Gasteiger partial charge in [0.05, 0.1) is 5.56 Å². The van der Waals surface area contributed by atoms with Crippen molar-refractivity contribution in [3.05, 3.63) is 51.9 Å². The highest BCUT2D eigenvalue weighted by atomic mass is 32.1. The summed E-state index contributed by atoms with van der Waals surface area (Å²) < 4.78 is 0. The molecule has 3 N–H and O–H groups in total. The summed E-state index contributed by atoms with van der Waals surface area (Å²) in [5.41, 5.74) is 2.51. The topological polar surface area (TPSA) is 69.6 Å². The summed E-state index contributed by atoms with van der Waals surface area (Å²) >= 11 is 1.50. The van der Waals surface area contributed by atoms with Crippen LogP contribution in [0.5, 0.6) is 0 Å². The maximum absolute atomic E-state index is 11.7. The molecule has 2 aliphatic rings. The predicted molar refractivity (Wildman–Crippen MR) is 90.0 cm³/mol. The Morgan fingerprint density at radius 2 is 1.96 bits per heavy atom. The number of hydrogen-bond acceptors (Lipinski definition) is 4. The molecule has 1 unspecified atom stereocenters. The molecule has 1 aromatic heterocycles. The first-order valence-corrected chi connectivity index (χ1v) is 8.77. The Labute approximate surface area is 138 Å². The number of aliphatic hydroxyl groups excluding tert-OH is 1. The Kier molecular flexibility index (Phi) is 3.43. The summed E-state index contributed by atoms with van der Waals surface area (Å²) in [7, 11) is 0. The molecule has 1 saturated carbocycles. The van der Waals surface area contributed by atoms with Gasteiger partial charge in [-0.05, 0) is 43.1 Å². The van der Waals surface area contributed by atoms with Crippen LogP contribution in [0.2, 0.25) is 0 Å². The lowest BCUT2D eigenvalue weighted by Crippen LogP contribution is -2.16. The summed E-state index contributed by atoms with van der Waals surface area (Å²) in [6.45, 7) is 0. The molecule has 1 fully saturated rings. The normalized spacial score (nSPS) is 19.2. The average molecular weight is 329 g/mol. The minimum absolute atomic E-state index is 0.357. The minimum atomic E-state index is -0.906. The van der Waals surface area contributed by atoms with E-state index in [9.17, 15) is 15.0 Å². The van der Waals surface area contributed by atoms with Crippen LogP contribution in [0, 0.1) is 5.41 Å². The lowest BCUT2D eigenvalue weighted by molar-refractivity contribution is 0.0696. The molecule has 1 aromatic carbocycles. The number of thiophene rings is 1. The molecule has 4 rings (SSSR count). The van der Waals surface area contributed by atoms with Crippen molar-refractivity contribution in [1.82, 2.24) is 0 Å². The van der Waals surface area contributed by atoms with E-state index in [1.807, 2.05) is 30.3 Å². The Morgan fingerprint density at radius 3 is 2.61 bits per heavy atom. The van der Waals surface area contributed by atoms with Crippen molar-refractivity contribution >= 4 is 22.3 Å². The summed E-state index contributed by atoms with van der Waals surface area (Å²) in [6, 6.07) is 9.25. The third-order valence-corrected chi connectivity index (χ3v) is 6.25. The van der Waals surface area contributed by atoms with Gasteiger partial charge < -0.3 is 15.5 Å². The van der Waals surface area contributed by atoms with Crippen LogP contribution in [-0.2, 0) is 12.8 Å². The zero-order chi connectivity index (χ0) is 16.0. The minimum Gasteiger partial charge on any atom is -0.478 e. The molecule has 1 heterocycles. The van der Waals surface area contributed by atoms with Gasteiger partial charge in [0.1, 0.15) is 5.00 Å². The first kappa shape index (κ1) is 14.7. The van der Waals surface area contributed by atoms with Gasteiger partial charge in [0.25, 0.3) is 0 Å². The second-order valence-electron chi connectivity index (χ2n) is 6.65.